The van der Waals surface area contributed by atoms with Gasteiger partial charge in [-0.05, 0) is 37.6 Å². The van der Waals surface area contributed by atoms with Crippen molar-refractivity contribution in [3.8, 4) is 0 Å². The Morgan fingerprint density at radius 3 is 3.04 bits per heavy atom. The highest BCUT2D eigenvalue weighted by Gasteiger charge is 2.23. The van der Waals surface area contributed by atoms with Crippen molar-refractivity contribution in [3.05, 3.63) is 34.9 Å². The zero-order valence-corrected chi connectivity index (χ0v) is 12.9. The Morgan fingerprint density at radius 2 is 2.26 bits per heavy atom. The Kier molecular flexibility index (Phi) is 4.40. The van der Waals surface area contributed by atoms with E-state index in [2.05, 4.69) is 10.3 Å². The summed E-state index contributed by atoms with van der Waals surface area (Å²) in [6.07, 6.45) is 3.68. The number of piperidine rings is 1. The molecule has 7 nitrogen and oxygen atoms in total. The largest absolute Gasteiger partial charge is 0.399 e. The third kappa shape index (κ3) is 3.40. The van der Waals surface area contributed by atoms with Crippen molar-refractivity contribution >= 4 is 22.4 Å². The fourth-order valence-corrected chi connectivity index (χ4v) is 2.99. The monoisotopic (exact) mass is 315 g/mol. The number of carbonyl (C=O) groups is 1. The topological polar surface area (TPSA) is 116 Å². The lowest BCUT2D eigenvalue weighted by molar-refractivity contribution is -0.120. The molecule has 2 atom stereocenters. The highest BCUT2D eigenvalue weighted by Crippen LogP contribution is 2.12. The SMILES string of the molecule is Nc1ccc2ncn(CC(=O)CC3NCCCC3N)c(=O)c2c1. The fraction of sp³-hybridized carbons (Fsp3) is 0.438. The number of nitrogens with zero attached hydrogens (tertiary/aromatic N) is 2. The van der Waals surface area contributed by atoms with E-state index in [-0.39, 0.29) is 30.0 Å². The third-order valence-electron chi connectivity index (χ3n) is 4.28. The van der Waals surface area contributed by atoms with Gasteiger partial charge in [-0.1, -0.05) is 0 Å². The maximum Gasteiger partial charge on any atom is 0.261 e. The zero-order chi connectivity index (χ0) is 16.4. The minimum absolute atomic E-state index is 0.00146. The summed E-state index contributed by atoms with van der Waals surface area (Å²) in [4.78, 5) is 28.9. The molecule has 0 amide bonds. The van der Waals surface area contributed by atoms with Crippen molar-refractivity contribution in [2.24, 2.45) is 5.73 Å². The van der Waals surface area contributed by atoms with Crippen molar-refractivity contribution in [3.63, 3.8) is 0 Å². The molecule has 23 heavy (non-hydrogen) atoms. The van der Waals surface area contributed by atoms with Gasteiger partial charge in [0.25, 0.3) is 5.56 Å². The number of anilines is 1. The van der Waals surface area contributed by atoms with E-state index in [1.807, 2.05) is 0 Å². The van der Waals surface area contributed by atoms with E-state index in [1.165, 1.54) is 10.9 Å². The number of nitrogens with one attached hydrogen (secondary N) is 1. The number of benzene rings is 1. The molecule has 7 heteroatoms. The maximum atomic E-state index is 12.4. The van der Waals surface area contributed by atoms with Gasteiger partial charge in [-0.2, -0.15) is 0 Å². The average molecular weight is 315 g/mol. The van der Waals surface area contributed by atoms with Gasteiger partial charge in [0.1, 0.15) is 0 Å². The van der Waals surface area contributed by atoms with Gasteiger partial charge in [-0.3, -0.25) is 14.2 Å². The summed E-state index contributed by atoms with van der Waals surface area (Å²) in [6, 6.07) is 4.95. The summed E-state index contributed by atoms with van der Waals surface area (Å²) < 4.78 is 1.33. The number of ketones is 1. The normalized spacial score (nSPS) is 21.4. The smallest absolute Gasteiger partial charge is 0.261 e. The molecule has 122 valence electrons. The predicted molar refractivity (Wildman–Crippen MR) is 89.0 cm³/mol. The molecule has 0 spiro atoms. The molecular weight excluding hydrogens is 294 g/mol. The number of aromatic nitrogens is 2. The standard InChI is InChI=1S/C16H21N5O2/c17-10-3-4-14-12(6-10)16(23)21(9-20-14)8-11(22)7-15-13(18)2-1-5-19-15/h3-4,6,9,13,15,19H,1-2,5,7-8,17-18H2. The van der Waals surface area contributed by atoms with Crippen LogP contribution in [0.1, 0.15) is 19.3 Å². The lowest BCUT2D eigenvalue weighted by Gasteiger charge is -2.29. The summed E-state index contributed by atoms with van der Waals surface area (Å²) in [5.41, 5.74) is 12.6. The zero-order valence-electron chi connectivity index (χ0n) is 12.9. The molecular formula is C16H21N5O2. The van der Waals surface area contributed by atoms with Gasteiger partial charge in [0.05, 0.1) is 23.8 Å². The first-order valence-corrected chi connectivity index (χ1v) is 7.80. The molecule has 0 saturated carbocycles. The van der Waals surface area contributed by atoms with Crippen molar-refractivity contribution < 1.29 is 4.79 Å². The van der Waals surface area contributed by atoms with Gasteiger partial charge in [0.15, 0.2) is 5.78 Å². The van der Waals surface area contributed by atoms with Gasteiger partial charge in [-0.15, -0.1) is 0 Å². The van der Waals surface area contributed by atoms with Crippen molar-refractivity contribution in [1.29, 1.82) is 0 Å². The van der Waals surface area contributed by atoms with Crippen LogP contribution < -0.4 is 22.3 Å². The molecule has 1 aliphatic rings. The van der Waals surface area contributed by atoms with E-state index in [4.69, 9.17) is 11.5 Å². The Balaban J connectivity index is 1.77. The van der Waals surface area contributed by atoms with Gasteiger partial charge < -0.3 is 16.8 Å². The number of nitrogens with two attached hydrogens (primary N) is 2. The number of rotatable bonds is 4. The van der Waals surface area contributed by atoms with Crippen LogP contribution in [0.3, 0.4) is 0 Å². The molecule has 0 radical (unpaired) electrons. The van der Waals surface area contributed by atoms with Crippen LogP contribution in [0.25, 0.3) is 10.9 Å². The average Bonchev–Trinajstić information content (AvgIpc) is 2.53. The van der Waals surface area contributed by atoms with E-state index in [1.54, 1.807) is 18.2 Å². The van der Waals surface area contributed by atoms with E-state index < -0.39 is 0 Å². The highest BCUT2D eigenvalue weighted by molar-refractivity contribution is 5.82. The Morgan fingerprint density at radius 1 is 1.43 bits per heavy atom. The lowest BCUT2D eigenvalue weighted by Crippen LogP contribution is -2.50. The summed E-state index contributed by atoms with van der Waals surface area (Å²) in [7, 11) is 0. The first-order chi connectivity index (χ1) is 11.0. The second-order valence-corrected chi connectivity index (χ2v) is 6.06. The number of hydrogen-bond donors (Lipinski definition) is 3. The molecule has 2 aromatic rings. The molecule has 5 N–H and O–H groups in total. The van der Waals surface area contributed by atoms with Crippen LogP contribution in [0.5, 0.6) is 0 Å². The number of carbonyl (C=O) groups excluding carboxylic acids is 1. The first-order valence-electron chi connectivity index (χ1n) is 7.80. The van der Waals surface area contributed by atoms with E-state index in [0.29, 0.717) is 23.0 Å². The van der Waals surface area contributed by atoms with Crippen molar-refractivity contribution in [1.82, 2.24) is 14.9 Å². The van der Waals surface area contributed by atoms with E-state index in [9.17, 15) is 9.59 Å². The van der Waals surface area contributed by atoms with Crippen molar-refractivity contribution in [2.45, 2.75) is 37.9 Å². The fourth-order valence-electron chi connectivity index (χ4n) is 2.99. The molecule has 1 saturated heterocycles. The summed E-state index contributed by atoms with van der Waals surface area (Å²) in [6.45, 7) is 0.879. The minimum Gasteiger partial charge on any atom is -0.399 e. The number of nitrogen functional groups attached to an aromatic ring is 1. The second-order valence-electron chi connectivity index (χ2n) is 6.06. The number of Topliss-reactive ketones (excluding diaryl/α,β-unsaturated/α-hetero) is 1. The van der Waals surface area contributed by atoms with Crippen LogP contribution in [0.2, 0.25) is 0 Å². The molecule has 3 rings (SSSR count). The van der Waals surface area contributed by atoms with Gasteiger partial charge in [0, 0.05) is 24.2 Å². The number of fused-ring (bicyclic) bond motifs is 1. The molecule has 1 aliphatic heterocycles. The Bertz CT molecular complexity index is 786. The Hall–Kier alpha value is -2.25. The molecule has 2 unspecified atom stereocenters. The molecule has 1 aromatic carbocycles. The molecule has 0 bridgehead atoms. The van der Waals surface area contributed by atoms with Crippen molar-refractivity contribution in [2.75, 3.05) is 12.3 Å². The van der Waals surface area contributed by atoms with Gasteiger partial charge >= 0.3 is 0 Å². The van der Waals surface area contributed by atoms with Gasteiger partial charge in [-0.25, -0.2) is 4.98 Å². The van der Waals surface area contributed by atoms with Crippen LogP contribution in [-0.4, -0.2) is 34.0 Å². The molecule has 0 aliphatic carbocycles. The minimum atomic E-state index is -0.253. The van der Waals surface area contributed by atoms with Gasteiger partial charge in [0.2, 0.25) is 0 Å². The van der Waals surface area contributed by atoms with Crippen LogP contribution in [-0.2, 0) is 11.3 Å². The molecule has 2 heterocycles. The predicted octanol–water partition coefficient (Wildman–Crippen LogP) is 0.0172. The summed E-state index contributed by atoms with van der Waals surface area (Å²) >= 11 is 0. The number of hydrogen-bond acceptors (Lipinski definition) is 6. The summed E-state index contributed by atoms with van der Waals surface area (Å²) in [5.74, 6) is -0.0352. The summed E-state index contributed by atoms with van der Waals surface area (Å²) in [5, 5.41) is 3.70. The lowest BCUT2D eigenvalue weighted by atomic mass is 9.95. The van der Waals surface area contributed by atoms with Crippen LogP contribution in [0, 0.1) is 0 Å². The highest BCUT2D eigenvalue weighted by atomic mass is 16.1. The van der Waals surface area contributed by atoms with Crippen LogP contribution >= 0.6 is 0 Å². The molecule has 1 aromatic heterocycles. The third-order valence-corrected chi connectivity index (χ3v) is 4.28. The second kappa shape index (κ2) is 6.47. The van der Waals surface area contributed by atoms with Crippen LogP contribution in [0.4, 0.5) is 5.69 Å². The Labute approximate surface area is 133 Å². The quantitative estimate of drug-likeness (QED) is 0.685. The van der Waals surface area contributed by atoms with E-state index in [0.717, 1.165) is 19.4 Å². The van der Waals surface area contributed by atoms with E-state index >= 15 is 0 Å². The first kappa shape index (κ1) is 15.6. The van der Waals surface area contributed by atoms with Crippen LogP contribution in [0.15, 0.2) is 29.3 Å². The molecule has 1 fully saturated rings. The maximum absolute atomic E-state index is 12.4.